The summed E-state index contributed by atoms with van der Waals surface area (Å²) >= 11 is 0. The molecule has 0 aliphatic heterocycles. The Balaban J connectivity index is 2.63. The maximum atomic E-state index is 12.3. The number of ketones is 1. The summed E-state index contributed by atoms with van der Waals surface area (Å²) in [6.07, 6.45) is 7.44. The highest BCUT2D eigenvalue weighted by Crippen LogP contribution is 2.25. The van der Waals surface area contributed by atoms with Gasteiger partial charge in [-0.15, -0.1) is 0 Å². The lowest BCUT2D eigenvalue weighted by Crippen LogP contribution is -2.12. The first kappa shape index (κ1) is 14.9. The molecule has 18 heavy (non-hydrogen) atoms. The molecule has 0 aromatic heterocycles. The lowest BCUT2D eigenvalue weighted by molar-refractivity contribution is -0.120. The van der Waals surface area contributed by atoms with E-state index in [0.29, 0.717) is 5.78 Å². The summed E-state index contributed by atoms with van der Waals surface area (Å²) in [5.41, 5.74) is 1.20. The number of unbranched alkanes of at least 4 members (excludes halogenated alkanes) is 3. The Labute approximate surface area is 112 Å². The van der Waals surface area contributed by atoms with Gasteiger partial charge in [-0.3, -0.25) is 4.79 Å². The number of carbonyl (C=O) groups is 1. The zero-order valence-corrected chi connectivity index (χ0v) is 11.8. The van der Waals surface area contributed by atoms with Crippen LogP contribution in [0.2, 0.25) is 0 Å². The summed E-state index contributed by atoms with van der Waals surface area (Å²) in [5, 5.41) is 0. The van der Waals surface area contributed by atoms with E-state index in [-0.39, 0.29) is 5.92 Å². The summed E-state index contributed by atoms with van der Waals surface area (Å²) in [6.45, 7) is 4.36. The van der Waals surface area contributed by atoms with Crippen molar-refractivity contribution in [1.29, 1.82) is 0 Å². The molecule has 0 bridgehead atoms. The van der Waals surface area contributed by atoms with Crippen molar-refractivity contribution >= 4 is 5.78 Å². The zero-order valence-electron chi connectivity index (χ0n) is 11.8. The minimum Gasteiger partial charge on any atom is -0.299 e. The van der Waals surface area contributed by atoms with E-state index in [1.807, 2.05) is 18.2 Å². The molecule has 0 radical (unpaired) electrons. The molecule has 0 aliphatic carbocycles. The predicted molar refractivity (Wildman–Crippen MR) is 77.9 cm³/mol. The van der Waals surface area contributed by atoms with Crippen molar-refractivity contribution in [2.45, 2.75) is 64.7 Å². The Hall–Kier alpha value is -1.11. The molecule has 0 spiro atoms. The molecule has 1 aromatic carbocycles. The second-order valence-electron chi connectivity index (χ2n) is 5.03. The molecule has 1 atom stereocenters. The van der Waals surface area contributed by atoms with E-state index >= 15 is 0 Å². The number of carbonyl (C=O) groups excluding carboxylic acids is 1. The fourth-order valence-corrected chi connectivity index (χ4v) is 2.33. The number of hydrogen-bond acceptors (Lipinski definition) is 1. The van der Waals surface area contributed by atoms with Crippen LogP contribution in [0.15, 0.2) is 30.3 Å². The quantitative estimate of drug-likeness (QED) is 0.553. The first-order valence-electron chi connectivity index (χ1n) is 7.37. The third-order valence-corrected chi connectivity index (χ3v) is 3.46. The second-order valence-corrected chi connectivity index (χ2v) is 5.03. The van der Waals surface area contributed by atoms with Crippen LogP contribution < -0.4 is 0 Å². The highest BCUT2D eigenvalue weighted by molar-refractivity contribution is 5.85. The first-order chi connectivity index (χ1) is 8.79. The topological polar surface area (TPSA) is 17.1 Å². The lowest BCUT2D eigenvalue weighted by atomic mass is 9.87. The average molecular weight is 246 g/mol. The first-order valence-corrected chi connectivity index (χ1v) is 7.37. The SMILES string of the molecule is CCCCCC(=O)C(CCCC)c1ccccc1. The summed E-state index contributed by atoms with van der Waals surface area (Å²) < 4.78 is 0. The minimum atomic E-state index is 0.128. The van der Waals surface area contributed by atoms with Gasteiger partial charge in [0.05, 0.1) is 0 Å². The van der Waals surface area contributed by atoms with Gasteiger partial charge in [-0.2, -0.15) is 0 Å². The Morgan fingerprint density at radius 1 is 1.00 bits per heavy atom. The zero-order chi connectivity index (χ0) is 13.2. The Morgan fingerprint density at radius 2 is 1.67 bits per heavy atom. The number of rotatable bonds is 9. The smallest absolute Gasteiger partial charge is 0.140 e. The Kier molecular flexibility index (Phi) is 7.40. The number of benzene rings is 1. The molecule has 0 amide bonds. The van der Waals surface area contributed by atoms with E-state index in [4.69, 9.17) is 0 Å². The molecule has 0 saturated heterocycles. The summed E-state index contributed by atoms with van der Waals surface area (Å²) in [5.74, 6) is 0.561. The summed E-state index contributed by atoms with van der Waals surface area (Å²) in [7, 11) is 0. The summed E-state index contributed by atoms with van der Waals surface area (Å²) in [4.78, 5) is 12.3. The van der Waals surface area contributed by atoms with Gasteiger partial charge in [0.25, 0.3) is 0 Å². The van der Waals surface area contributed by atoms with Crippen LogP contribution in [0.4, 0.5) is 0 Å². The molecular formula is C17H26O. The number of hydrogen-bond donors (Lipinski definition) is 0. The maximum absolute atomic E-state index is 12.3. The largest absolute Gasteiger partial charge is 0.299 e. The van der Waals surface area contributed by atoms with E-state index in [1.54, 1.807) is 0 Å². The molecule has 0 N–H and O–H groups in total. The molecule has 1 unspecified atom stereocenters. The van der Waals surface area contributed by atoms with Crippen molar-refractivity contribution in [2.75, 3.05) is 0 Å². The van der Waals surface area contributed by atoms with Gasteiger partial charge in [0.15, 0.2) is 0 Å². The van der Waals surface area contributed by atoms with Gasteiger partial charge < -0.3 is 0 Å². The standard InChI is InChI=1S/C17H26O/c1-3-5-8-14-17(18)16(13-6-4-2)15-11-9-7-10-12-15/h7,9-12,16H,3-6,8,13-14H2,1-2H3. The van der Waals surface area contributed by atoms with Crippen molar-refractivity contribution in [3.63, 3.8) is 0 Å². The van der Waals surface area contributed by atoms with Gasteiger partial charge in [0, 0.05) is 12.3 Å². The third-order valence-electron chi connectivity index (χ3n) is 3.46. The molecular weight excluding hydrogens is 220 g/mol. The average Bonchev–Trinajstić information content (AvgIpc) is 2.41. The normalized spacial score (nSPS) is 12.3. The fourth-order valence-electron chi connectivity index (χ4n) is 2.33. The summed E-state index contributed by atoms with van der Waals surface area (Å²) in [6, 6.07) is 10.3. The number of Topliss-reactive ketones (excluding diaryl/α,β-unsaturated/α-hetero) is 1. The van der Waals surface area contributed by atoms with Crippen LogP contribution in [-0.2, 0) is 4.79 Å². The molecule has 1 aromatic rings. The van der Waals surface area contributed by atoms with Crippen LogP contribution in [0.1, 0.15) is 70.3 Å². The van der Waals surface area contributed by atoms with Gasteiger partial charge >= 0.3 is 0 Å². The minimum absolute atomic E-state index is 0.128. The van der Waals surface area contributed by atoms with Gasteiger partial charge in [-0.1, -0.05) is 69.9 Å². The molecule has 0 saturated carbocycles. The van der Waals surface area contributed by atoms with Crippen LogP contribution >= 0.6 is 0 Å². The molecule has 1 heteroatoms. The van der Waals surface area contributed by atoms with Crippen molar-refractivity contribution in [3.8, 4) is 0 Å². The van der Waals surface area contributed by atoms with Gasteiger partial charge in [0.2, 0.25) is 0 Å². The molecule has 0 aliphatic rings. The van der Waals surface area contributed by atoms with Crippen LogP contribution in [0.3, 0.4) is 0 Å². The second kappa shape index (κ2) is 8.91. The fraction of sp³-hybridized carbons (Fsp3) is 0.588. The Bertz CT molecular complexity index is 329. The molecule has 1 rings (SSSR count). The van der Waals surface area contributed by atoms with Gasteiger partial charge in [0.1, 0.15) is 5.78 Å². The van der Waals surface area contributed by atoms with Crippen LogP contribution in [0.25, 0.3) is 0 Å². The third kappa shape index (κ3) is 5.03. The predicted octanol–water partition coefficient (Wildman–Crippen LogP) is 5.11. The highest BCUT2D eigenvalue weighted by atomic mass is 16.1. The van der Waals surface area contributed by atoms with E-state index in [9.17, 15) is 4.79 Å². The molecule has 0 heterocycles. The van der Waals surface area contributed by atoms with Crippen LogP contribution in [0.5, 0.6) is 0 Å². The van der Waals surface area contributed by atoms with E-state index in [1.165, 1.54) is 18.4 Å². The molecule has 0 fully saturated rings. The van der Waals surface area contributed by atoms with Crippen LogP contribution in [0, 0.1) is 0 Å². The van der Waals surface area contributed by atoms with E-state index < -0.39 is 0 Å². The van der Waals surface area contributed by atoms with Crippen LogP contribution in [-0.4, -0.2) is 5.78 Å². The molecule has 1 nitrogen and oxygen atoms in total. The molecule has 100 valence electrons. The van der Waals surface area contributed by atoms with Crippen molar-refractivity contribution in [2.24, 2.45) is 0 Å². The van der Waals surface area contributed by atoms with Crippen molar-refractivity contribution in [1.82, 2.24) is 0 Å². The van der Waals surface area contributed by atoms with E-state index in [0.717, 1.165) is 32.1 Å². The van der Waals surface area contributed by atoms with Crippen molar-refractivity contribution in [3.05, 3.63) is 35.9 Å². The lowest BCUT2D eigenvalue weighted by Gasteiger charge is -2.16. The Morgan fingerprint density at radius 3 is 2.28 bits per heavy atom. The van der Waals surface area contributed by atoms with Gasteiger partial charge in [-0.05, 0) is 18.4 Å². The van der Waals surface area contributed by atoms with Gasteiger partial charge in [-0.25, -0.2) is 0 Å². The van der Waals surface area contributed by atoms with E-state index in [2.05, 4.69) is 26.0 Å². The highest BCUT2D eigenvalue weighted by Gasteiger charge is 2.18. The van der Waals surface area contributed by atoms with Crippen molar-refractivity contribution < 1.29 is 4.79 Å². The monoisotopic (exact) mass is 246 g/mol. The maximum Gasteiger partial charge on any atom is 0.140 e.